The molecule has 0 saturated heterocycles. The van der Waals surface area contributed by atoms with Crippen LogP contribution >= 0.6 is 0 Å². The molecule has 1 aromatic heterocycles. The van der Waals surface area contributed by atoms with E-state index in [4.69, 9.17) is 4.74 Å². The number of aromatic nitrogens is 1. The highest BCUT2D eigenvalue weighted by atomic mass is 16.5. The molecule has 0 saturated carbocycles. The number of hydrogen-bond donors (Lipinski definition) is 2. The third-order valence-corrected chi connectivity index (χ3v) is 4.92. The highest BCUT2D eigenvalue weighted by molar-refractivity contribution is 5.79. The fraction of sp³-hybridized carbons (Fsp3) is 0.500. The fourth-order valence-electron chi connectivity index (χ4n) is 3.19. The Balaban J connectivity index is 1.64. The third kappa shape index (κ3) is 8.41. The topological polar surface area (TPSA) is 67.7 Å². The fourth-order valence-corrected chi connectivity index (χ4v) is 3.19. The molecule has 164 valence electrons. The Morgan fingerprint density at radius 3 is 2.60 bits per heavy atom. The van der Waals surface area contributed by atoms with Crippen molar-refractivity contribution in [2.24, 2.45) is 4.99 Å². The van der Waals surface area contributed by atoms with Gasteiger partial charge in [-0.3, -0.25) is 9.79 Å². The van der Waals surface area contributed by atoms with E-state index in [1.807, 2.05) is 41.8 Å². The van der Waals surface area contributed by atoms with Crippen molar-refractivity contribution >= 4 is 5.96 Å². The third-order valence-electron chi connectivity index (χ3n) is 4.92. The van der Waals surface area contributed by atoms with E-state index >= 15 is 0 Å². The smallest absolute Gasteiger partial charge is 0.250 e. The maximum absolute atomic E-state index is 11.9. The molecule has 6 nitrogen and oxygen atoms in total. The van der Waals surface area contributed by atoms with Crippen molar-refractivity contribution in [3.8, 4) is 0 Å². The van der Waals surface area contributed by atoms with E-state index < -0.39 is 0 Å². The molecular weight excluding hydrogens is 376 g/mol. The number of hydrogen-bond acceptors (Lipinski definition) is 3. The van der Waals surface area contributed by atoms with Gasteiger partial charge in [0, 0.05) is 44.5 Å². The van der Waals surface area contributed by atoms with E-state index in [0.29, 0.717) is 6.61 Å². The lowest BCUT2D eigenvalue weighted by Crippen LogP contribution is -2.38. The van der Waals surface area contributed by atoms with E-state index in [9.17, 15) is 4.79 Å². The molecule has 1 unspecified atom stereocenters. The summed E-state index contributed by atoms with van der Waals surface area (Å²) in [5.74, 6) is 0.835. The summed E-state index contributed by atoms with van der Waals surface area (Å²) in [6, 6.07) is 15.7. The summed E-state index contributed by atoms with van der Waals surface area (Å²) in [5, 5.41) is 6.65. The summed E-state index contributed by atoms with van der Waals surface area (Å²) < 4.78 is 7.74. The Hall–Kier alpha value is -2.60. The number of aliphatic imine (C=N–C) groups is 1. The summed E-state index contributed by atoms with van der Waals surface area (Å²) in [5.41, 5.74) is 2.28. The number of guanidine groups is 1. The largest absolute Gasteiger partial charge is 0.374 e. The van der Waals surface area contributed by atoms with Crippen LogP contribution in [0.3, 0.4) is 0 Å². The maximum atomic E-state index is 11.9. The summed E-state index contributed by atoms with van der Waals surface area (Å²) >= 11 is 0. The predicted octanol–water partition coefficient (Wildman–Crippen LogP) is 3.66. The van der Waals surface area contributed by atoms with Crippen LogP contribution in [-0.2, 0) is 11.3 Å². The van der Waals surface area contributed by atoms with Crippen LogP contribution in [0.2, 0.25) is 0 Å². The van der Waals surface area contributed by atoms with Crippen LogP contribution in [0.4, 0.5) is 0 Å². The molecule has 1 aromatic carbocycles. The van der Waals surface area contributed by atoms with Crippen molar-refractivity contribution < 1.29 is 4.74 Å². The first kappa shape index (κ1) is 23.7. The zero-order valence-electron chi connectivity index (χ0n) is 18.6. The number of rotatable bonds is 12. The van der Waals surface area contributed by atoms with Gasteiger partial charge < -0.3 is 19.9 Å². The lowest BCUT2D eigenvalue weighted by Gasteiger charge is -2.14. The number of aryl methyl sites for hydroxylation is 1. The molecule has 0 aliphatic heterocycles. The van der Waals surface area contributed by atoms with Crippen molar-refractivity contribution in [2.75, 3.05) is 26.2 Å². The minimum absolute atomic E-state index is 0.0710. The van der Waals surface area contributed by atoms with Gasteiger partial charge in [-0.15, -0.1) is 0 Å². The summed E-state index contributed by atoms with van der Waals surface area (Å²) in [6.45, 7) is 9.92. The molecule has 1 heterocycles. The van der Waals surface area contributed by atoms with E-state index in [1.165, 1.54) is 5.56 Å². The zero-order chi connectivity index (χ0) is 21.6. The molecule has 1 atom stereocenters. The summed E-state index contributed by atoms with van der Waals surface area (Å²) in [7, 11) is 0. The van der Waals surface area contributed by atoms with Gasteiger partial charge in [-0.2, -0.15) is 0 Å². The molecule has 30 heavy (non-hydrogen) atoms. The quantitative estimate of drug-likeness (QED) is 0.317. The van der Waals surface area contributed by atoms with E-state index in [1.54, 1.807) is 6.07 Å². The predicted molar refractivity (Wildman–Crippen MR) is 124 cm³/mol. The summed E-state index contributed by atoms with van der Waals surface area (Å²) in [6.07, 6.45) is 2.90. The Kier molecular flexibility index (Phi) is 10.7. The van der Waals surface area contributed by atoms with Crippen LogP contribution in [0.25, 0.3) is 0 Å². The Morgan fingerprint density at radius 2 is 1.87 bits per heavy atom. The minimum Gasteiger partial charge on any atom is -0.374 e. The Bertz CT molecular complexity index is 817. The molecule has 0 bridgehead atoms. The molecule has 2 aromatic rings. The molecule has 0 aliphatic carbocycles. The van der Waals surface area contributed by atoms with Crippen molar-refractivity contribution in [1.29, 1.82) is 0 Å². The molecule has 0 fully saturated rings. The van der Waals surface area contributed by atoms with Crippen LogP contribution in [0.15, 0.2) is 58.3 Å². The van der Waals surface area contributed by atoms with Gasteiger partial charge in [0.25, 0.3) is 5.56 Å². The van der Waals surface area contributed by atoms with Crippen LogP contribution in [0, 0.1) is 6.92 Å². The Labute approximate surface area is 180 Å². The van der Waals surface area contributed by atoms with Crippen LogP contribution in [-0.4, -0.2) is 36.8 Å². The van der Waals surface area contributed by atoms with Crippen LogP contribution in [0.5, 0.6) is 0 Å². The zero-order valence-corrected chi connectivity index (χ0v) is 18.6. The van der Waals surface area contributed by atoms with Crippen molar-refractivity contribution in [1.82, 2.24) is 15.2 Å². The molecule has 0 spiro atoms. The molecule has 2 N–H and O–H groups in total. The van der Waals surface area contributed by atoms with Crippen LogP contribution in [0.1, 0.15) is 50.5 Å². The normalized spacial score (nSPS) is 12.6. The number of ether oxygens (including phenoxy) is 1. The molecule has 0 aliphatic rings. The van der Waals surface area contributed by atoms with Crippen LogP contribution < -0.4 is 16.2 Å². The Morgan fingerprint density at radius 1 is 1.07 bits per heavy atom. The van der Waals surface area contributed by atoms with Gasteiger partial charge in [0.1, 0.15) is 0 Å². The molecule has 2 rings (SSSR count). The van der Waals surface area contributed by atoms with Gasteiger partial charge in [0.2, 0.25) is 0 Å². The van der Waals surface area contributed by atoms with Crippen molar-refractivity contribution in [2.45, 2.75) is 52.7 Å². The molecule has 6 heteroatoms. The molecule has 0 radical (unpaired) electrons. The number of benzene rings is 1. The number of nitrogens with one attached hydrogen (secondary N) is 2. The highest BCUT2D eigenvalue weighted by Gasteiger charge is 2.04. The van der Waals surface area contributed by atoms with Gasteiger partial charge in [-0.1, -0.05) is 36.4 Å². The average molecular weight is 413 g/mol. The maximum Gasteiger partial charge on any atom is 0.250 e. The first-order valence-corrected chi connectivity index (χ1v) is 11.0. The van der Waals surface area contributed by atoms with Gasteiger partial charge in [-0.25, -0.2) is 0 Å². The van der Waals surface area contributed by atoms with E-state index in [2.05, 4.69) is 41.6 Å². The first-order valence-electron chi connectivity index (χ1n) is 11.0. The molecule has 0 amide bonds. The lowest BCUT2D eigenvalue weighted by atomic mass is 10.1. The van der Waals surface area contributed by atoms with Crippen molar-refractivity contribution in [3.05, 3.63) is 70.1 Å². The second kappa shape index (κ2) is 13.6. The number of nitrogens with zero attached hydrogens (tertiary/aromatic N) is 2. The second-order valence-corrected chi connectivity index (χ2v) is 7.33. The van der Waals surface area contributed by atoms with Gasteiger partial charge in [-0.05, 0) is 51.7 Å². The highest BCUT2D eigenvalue weighted by Crippen LogP contribution is 2.15. The number of pyridine rings is 1. The summed E-state index contributed by atoms with van der Waals surface area (Å²) in [4.78, 5) is 16.5. The average Bonchev–Trinajstić information content (AvgIpc) is 2.75. The second-order valence-electron chi connectivity index (χ2n) is 7.33. The molecular formula is C24H36N4O2. The number of unbranched alkanes of at least 4 members (excludes halogenated alkanes) is 1. The standard InChI is InChI=1S/C24H36N4O2/c1-4-25-24(26-16-8-9-18-28-20(2)12-10-15-23(28)29)27-17-11-19-30-21(3)22-13-6-5-7-14-22/h5-7,10,12-15,21H,4,8-9,11,16-19H2,1-3H3,(H2,25,26,27). The van der Waals surface area contributed by atoms with Gasteiger partial charge >= 0.3 is 0 Å². The van der Waals surface area contributed by atoms with E-state index in [0.717, 1.165) is 57.1 Å². The first-order chi connectivity index (χ1) is 14.6. The lowest BCUT2D eigenvalue weighted by molar-refractivity contribution is 0.0652. The van der Waals surface area contributed by atoms with Gasteiger partial charge in [0.05, 0.1) is 6.10 Å². The van der Waals surface area contributed by atoms with Gasteiger partial charge in [0.15, 0.2) is 5.96 Å². The van der Waals surface area contributed by atoms with E-state index in [-0.39, 0.29) is 11.7 Å². The monoisotopic (exact) mass is 412 g/mol. The van der Waals surface area contributed by atoms with Crippen molar-refractivity contribution in [3.63, 3.8) is 0 Å². The minimum atomic E-state index is 0.0710. The SMILES string of the molecule is CCNC(=NCCCOC(C)c1ccccc1)NCCCCn1c(C)cccc1=O.